The lowest BCUT2D eigenvalue weighted by molar-refractivity contribution is 0.0650. The van der Waals surface area contributed by atoms with Crippen LogP contribution in [-0.4, -0.2) is 46.6 Å². The smallest absolute Gasteiger partial charge is 0.257 e. The summed E-state index contributed by atoms with van der Waals surface area (Å²) in [4.78, 5) is 27.4. The molecule has 0 unspecified atom stereocenters. The van der Waals surface area contributed by atoms with Gasteiger partial charge in [0.1, 0.15) is 5.75 Å². The number of ether oxygens (including phenoxy) is 1. The first-order valence-electron chi connectivity index (χ1n) is 9.84. The molecule has 6 nitrogen and oxygen atoms in total. The molecule has 4 rings (SSSR count). The minimum Gasteiger partial charge on any atom is -0.497 e. The molecule has 154 valence electrons. The van der Waals surface area contributed by atoms with Gasteiger partial charge in [-0.25, -0.2) is 4.68 Å². The second-order valence-corrected chi connectivity index (χ2v) is 7.69. The molecule has 1 aromatic heterocycles. The van der Waals surface area contributed by atoms with Crippen LogP contribution in [0.25, 0.3) is 5.69 Å². The van der Waals surface area contributed by atoms with Crippen LogP contribution in [0.1, 0.15) is 33.6 Å². The Kier molecular flexibility index (Phi) is 5.86. The Bertz CT molecular complexity index is 1050. The summed E-state index contributed by atoms with van der Waals surface area (Å²) < 4.78 is 6.75. The number of rotatable bonds is 5. The maximum Gasteiger partial charge on any atom is 0.257 e. The van der Waals surface area contributed by atoms with E-state index in [2.05, 4.69) is 5.10 Å². The lowest BCUT2D eigenvalue weighted by Crippen LogP contribution is -2.40. The van der Waals surface area contributed by atoms with Crippen LogP contribution >= 0.6 is 11.6 Å². The van der Waals surface area contributed by atoms with Crippen LogP contribution in [0.4, 0.5) is 0 Å². The Morgan fingerprint density at radius 2 is 1.73 bits per heavy atom. The summed E-state index contributed by atoms with van der Waals surface area (Å²) in [5.41, 5.74) is 1.92. The van der Waals surface area contributed by atoms with Crippen LogP contribution in [0.2, 0.25) is 5.02 Å². The molecule has 1 aliphatic rings. The average Bonchev–Trinajstić information content (AvgIpc) is 3.28. The van der Waals surface area contributed by atoms with E-state index in [1.807, 2.05) is 18.2 Å². The molecule has 2 aromatic carbocycles. The highest BCUT2D eigenvalue weighted by molar-refractivity contribution is 6.32. The predicted molar refractivity (Wildman–Crippen MR) is 115 cm³/mol. The van der Waals surface area contributed by atoms with Crippen molar-refractivity contribution in [3.63, 3.8) is 0 Å². The van der Waals surface area contributed by atoms with Gasteiger partial charge in [0, 0.05) is 30.8 Å². The Labute approximate surface area is 180 Å². The van der Waals surface area contributed by atoms with Crippen molar-refractivity contribution in [3.8, 4) is 11.4 Å². The highest BCUT2D eigenvalue weighted by Gasteiger charge is 2.29. The first-order valence-corrected chi connectivity index (χ1v) is 10.2. The number of carbonyl (C=O) groups excluding carboxylic acids is 2. The molecule has 0 bridgehead atoms. The number of piperidine rings is 1. The van der Waals surface area contributed by atoms with Gasteiger partial charge in [-0.2, -0.15) is 5.10 Å². The summed E-state index contributed by atoms with van der Waals surface area (Å²) >= 11 is 6.21. The molecule has 30 heavy (non-hydrogen) atoms. The molecule has 0 atom stereocenters. The summed E-state index contributed by atoms with van der Waals surface area (Å²) in [6.07, 6.45) is 4.54. The Morgan fingerprint density at radius 1 is 1.03 bits per heavy atom. The molecular formula is C23H22ClN3O3. The quantitative estimate of drug-likeness (QED) is 0.575. The summed E-state index contributed by atoms with van der Waals surface area (Å²) in [5.74, 6) is 0.692. The maximum absolute atomic E-state index is 12.9. The van der Waals surface area contributed by atoms with Gasteiger partial charge in [-0.05, 0) is 49.2 Å². The summed E-state index contributed by atoms with van der Waals surface area (Å²) in [7, 11) is 1.60. The molecular weight excluding hydrogens is 402 g/mol. The van der Waals surface area contributed by atoms with Gasteiger partial charge in [0.15, 0.2) is 5.78 Å². The third-order valence-electron chi connectivity index (χ3n) is 5.46. The number of carbonyl (C=O) groups is 2. The van der Waals surface area contributed by atoms with E-state index in [9.17, 15) is 9.59 Å². The summed E-state index contributed by atoms with van der Waals surface area (Å²) in [5, 5.41) is 4.85. The van der Waals surface area contributed by atoms with Crippen LogP contribution in [0.3, 0.4) is 0 Å². The molecule has 0 saturated carbocycles. The van der Waals surface area contributed by atoms with E-state index < -0.39 is 0 Å². The van der Waals surface area contributed by atoms with E-state index in [1.165, 1.54) is 0 Å². The van der Waals surface area contributed by atoms with Crippen molar-refractivity contribution in [2.45, 2.75) is 12.8 Å². The highest BCUT2D eigenvalue weighted by atomic mass is 35.5. The van der Waals surface area contributed by atoms with Gasteiger partial charge < -0.3 is 9.64 Å². The van der Waals surface area contributed by atoms with Crippen LogP contribution in [0, 0.1) is 5.92 Å². The molecule has 1 aliphatic heterocycles. The largest absolute Gasteiger partial charge is 0.497 e. The topological polar surface area (TPSA) is 64.4 Å². The fourth-order valence-corrected chi connectivity index (χ4v) is 3.94. The number of likely N-dealkylation sites (tertiary alicyclic amines) is 1. The highest BCUT2D eigenvalue weighted by Crippen LogP contribution is 2.25. The zero-order chi connectivity index (χ0) is 21.1. The molecule has 2 heterocycles. The van der Waals surface area contributed by atoms with E-state index in [0.29, 0.717) is 42.1 Å². The molecule has 0 spiro atoms. The number of para-hydroxylation sites is 1. The second-order valence-electron chi connectivity index (χ2n) is 7.28. The van der Waals surface area contributed by atoms with Gasteiger partial charge in [0.05, 0.1) is 29.6 Å². The molecule has 1 saturated heterocycles. The lowest BCUT2D eigenvalue weighted by atomic mass is 9.88. The van der Waals surface area contributed by atoms with Crippen molar-refractivity contribution >= 4 is 23.3 Å². The van der Waals surface area contributed by atoms with E-state index in [4.69, 9.17) is 16.3 Å². The number of amides is 1. The Balaban J connectivity index is 1.39. The van der Waals surface area contributed by atoms with Crippen molar-refractivity contribution in [1.82, 2.24) is 14.7 Å². The third kappa shape index (κ3) is 4.09. The summed E-state index contributed by atoms with van der Waals surface area (Å²) in [6.45, 7) is 1.09. The van der Waals surface area contributed by atoms with Crippen LogP contribution < -0.4 is 4.74 Å². The fourth-order valence-electron chi connectivity index (χ4n) is 3.72. The Hall–Kier alpha value is -3.12. The maximum atomic E-state index is 12.9. The molecule has 0 N–H and O–H groups in total. The van der Waals surface area contributed by atoms with E-state index in [0.717, 1.165) is 11.4 Å². The van der Waals surface area contributed by atoms with Crippen molar-refractivity contribution in [2.24, 2.45) is 5.92 Å². The first-order chi connectivity index (χ1) is 14.6. The van der Waals surface area contributed by atoms with Crippen molar-refractivity contribution < 1.29 is 14.3 Å². The average molecular weight is 424 g/mol. The van der Waals surface area contributed by atoms with Gasteiger partial charge >= 0.3 is 0 Å². The lowest BCUT2D eigenvalue weighted by Gasteiger charge is -2.31. The molecule has 0 aliphatic carbocycles. The molecule has 7 heteroatoms. The van der Waals surface area contributed by atoms with Crippen molar-refractivity contribution in [3.05, 3.63) is 77.1 Å². The van der Waals surface area contributed by atoms with E-state index >= 15 is 0 Å². The normalized spacial score (nSPS) is 14.5. The zero-order valence-electron chi connectivity index (χ0n) is 16.6. The monoisotopic (exact) mass is 423 g/mol. The van der Waals surface area contributed by atoms with Crippen molar-refractivity contribution in [2.75, 3.05) is 20.2 Å². The third-order valence-corrected chi connectivity index (χ3v) is 5.78. The van der Waals surface area contributed by atoms with Gasteiger partial charge in [0.25, 0.3) is 5.91 Å². The fraction of sp³-hybridized carbons (Fsp3) is 0.261. The number of aromatic nitrogens is 2. The van der Waals surface area contributed by atoms with Crippen LogP contribution in [0.5, 0.6) is 5.75 Å². The van der Waals surface area contributed by atoms with E-state index in [1.54, 1.807) is 59.4 Å². The van der Waals surface area contributed by atoms with E-state index in [-0.39, 0.29) is 17.6 Å². The number of benzene rings is 2. The van der Waals surface area contributed by atoms with Crippen molar-refractivity contribution in [1.29, 1.82) is 0 Å². The number of methoxy groups -OCH3 is 1. The van der Waals surface area contributed by atoms with Gasteiger partial charge in [-0.1, -0.05) is 23.7 Å². The minimum atomic E-state index is -0.0800. The number of nitrogens with zero attached hydrogens (tertiary/aromatic N) is 3. The van der Waals surface area contributed by atoms with Gasteiger partial charge in [0.2, 0.25) is 0 Å². The molecule has 1 amide bonds. The standard InChI is InChI=1S/C23H22ClN3O3/c1-30-19-8-6-16(7-9-19)22(28)17-10-12-26(13-11-17)23(29)18-14-25-27(15-18)21-5-3-2-4-20(21)24/h2-9,14-15,17H,10-13H2,1H3. The first kappa shape index (κ1) is 20.2. The molecule has 0 radical (unpaired) electrons. The van der Waals surface area contributed by atoms with Crippen LogP contribution in [0.15, 0.2) is 60.9 Å². The molecule has 1 fully saturated rings. The molecule has 3 aromatic rings. The number of hydrogen-bond donors (Lipinski definition) is 0. The number of Topliss-reactive ketones (excluding diaryl/α,β-unsaturated/α-hetero) is 1. The summed E-state index contributed by atoms with van der Waals surface area (Å²) in [6, 6.07) is 14.5. The van der Waals surface area contributed by atoms with Crippen LogP contribution in [-0.2, 0) is 0 Å². The van der Waals surface area contributed by atoms with Gasteiger partial charge in [-0.3, -0.25) is 9.59 Å². The zero-order valence-corrected chi connectivity index (χ0v) is 17.4. The SMILES string of the molecule is COc1ccc(C(=O)C2CCN(C(=O)c3cnn(-c4ccccc4Cl)c3)CC2)cc1. The number of hydrogen-bond acceptors (Lipinski definition) is 4. The number of halogens is 1. The minimum absolute atomic E-state index is 0.0757. The number of ketones is 1. The van der Waals surface area contributed by atoms with Gasteiger partial charge in [-0.15, -0.1) is 0 Å². The Morgan fingerprint density at radius 3 is 2.40 bits per heavy atom. The predicted octanol–water partition coefficient (Wildman–Crippen LogP) is 4.27. The second kappa shape index (κ2) is 8.71.